The van der Waals surface area contributed by atoms with Gasteiger partial charge >= 0.3 is 0 Å². The number of halogens is 3. The van der Waals surface area contributed by atoms with Gasteiger partial charge in [-0.15, -0.1) is 0 Å². The van der Waals surface area contributed by atoms with Crippen molar-refractivity contribution < 1.29 is 14.3 Å². The van der Waals surface area contributed by atoms with Crippen LogP contribution in [-0.4, -0.2) is 22.7 Å². The molecule has 0 unspecified atom stereocenters. The van der Waals surface area contributed by atoms with Crippen LogP contribution in [0.4, 0.5) is 4.79 Å². The van der Waals surface area contributed by atoms with Crippen LogP contribution in [0.15, 0.2) is 41.3 Å². The fraction of sp³-hybridized carbons (Fsp3) is 0.158. The molecule has 0 aliphatic carbocycles. The fourth-order valence-corrected chi connectivity index (χ4v) is 4.06. The van der Waals surface area contributed by atoms with E-state index in [0.29, 0.717) is 38.6 Å². The fourth-order valence-electron chi connectivity index (χ4n) is 2.54. The highest BCUT2D eigenvalue weighted by Crippen LogP contribution is 2.37. The normalized spacial score (nSPS) is 15.7. The highest BCUT2D eigenvalue weighted by Gasteiger charge is 2.36. The molecule has 0 aromatic heterocycles. The number of imide groups is 1. The van der Waals surface area contributed by atoms with E-state index in [0.717, 1.165) is 16.7 Å². The molecule has 2 aromatic carbocycles. The van der Waals surface area contributed by atoms with Crippen molar-refractivity contribution in [2.24, 2.45) is 0 Å². The van der Waals surface area contributed by atoms with E-state index in [1.807, 2.05) is 6.92 Å². The summed E-state index contributed by atoms with van der Waals surface area (Å²) in [5.41, 5.74) is 1.16. The van der Waals surface area contributed by atoms with Gasteiger partial charge in [0.05, 0.1) is 18.1 Å². The summed E-state index contributed by atoms with van der Waals surface area (Å²) in [6, 6.07) is 10.2. The van der Waals surface area contributed by atoms with E-state index >= 15 is 0 Å². The molecule has 1 saturated heterocycles. The summed E-state index contributed by atoms with van der Waals surface area (Å²) in [6.45, 7) is 2.34. The average Bonchev–Trinajstić information content (AvgIpc) is 2.88. The molecule has 1 heterocycles. The summed E-state index contributed by atoms with van der Waals surface area (Å²) >= 11 is 19.2. The van der Waals surface area contributed by atoms with Crippen LogP contribution in [0, 0.1) is 0 Å². The SMILES string of the molecule is CCOc1ccc(Cl)cc1/C=C1/SC(=O)N(Cc2c(Cl)cccc2Cl)C1=O. The molecular weight excluding hydrogens is 429 g/mol. The number of benzene rings is 2. The predicted molar refractivity (Wildman–Crippen MR) is 111 cm³/mol. The van der Waals surface area contributed by atoms with Gasteiger partial charge in [-0.3, -0.25) is 14.5 Å². The highest BCUT2D eigenvalue weighted by atomic mass is 35.5. The van der Waals surface area contributed by atoms with Crippen LogP contribution < -0.4 is 4.74 Å². The van der Waals surface area contributed by atoms with E-state index in [9.17, 15) is 9.59 Å². The van der Waals surface area contributed by atoms with Gasteiger partial charge in [-0.2, -0.15) is 0 Å². The molecule has 4 nitrogen and oxygen atoms in total. The van der Waals surface area contributed by atoms with Crippen molar-refractivity contribution in [1.29, 1.82) is 0 Å². The Labute approximate surface area is 176 Å². The number of amides is 2. The Bertz CT molecular complexity index is 926. The number of hydrogen-bond acceptors (Lipinski definition) is 4. The maximum atomic E-state index is 12.8. The minimum atomic E-state index is -0.414. The highest BCUT2D eigenvalue weighted by molar-refractivity contribution is 8.18. The molecule has 1 fully saturated rings. The Morgan fingerprint density at radius 1 is 1.11 bits per heavy atom. The lowest BCUT2D eigenvalue weighted by Crippen LogP contribution is -2.27. The van der Waals surface area contributed by atoms with Crippen molar-refractivity contribution in [3.05, 3.63) is 67.5 Å². The van der Waals surface area contributed by atoms with E-state index < -0.39 is 5.91 Å². The van der Waals surface area contributed by atoms with Gasteiger partial charge < -0.3 is 4.74 Å². The van der Waals surface area contributed by atoms with E-state index in [1.165, 1.54) is 0 Å². The van der Waals surface area contributed by atoms with Crippen molar-refractivity contribution in [2.45, 2.75) is 13.5 Å². The minimum absolute atomic E-state index is 0.00831. The van der Waals surface area contributed by atoms with Crippen LogP contribution >= 0.6 is 46.6 Å². The molecule has 0 atom stereocenters. The van der Waals surface area contributed by atoms with E-state index in [-0.39, 0.29) is 16.7 Å². The molecule has 3 rings (SSSR count). The first-order valence-electron chi connectivity index (χ1n) is 8.01. The van der Waals surface area contributed by atoms with Crippen molar-refractivity contribution in [1.82, 2.24) is 4.90 Å². The Morgan fingerprint density at radius 3 is 2.48 bits per heavy atom. The third-order valence-electron chi connectivity index (χ3n) is 3.81. The van der Waals surface area contributed by atoms with Crippen LogP contribution in [-0.2, 0) is 11.3 Å². The summed E-state index contributed by atoms with van der Waals surface area (Å²) in [5, 5.41) is 0.923. The largest absolute Gasteiger partial charge is 0.493 e. The van der Waals surface area contributed by atoms with Gasteiger partial charge in [-0.25, -0.2) is 0 Å². The molecule has 1 aliphatic rings. The molecule has 2 amide bonds. The summed E-state index contributed by atoms with van der Waals surface area (Å²) < 4.78 is 5.56. The third-order valence-corrected chi connectivity index (χ3v) is 5.66. The van der Waals surface area contributed by atoms with Gasteiger partial charge in [-0.05, 0) is 55.1 Å². The zero-order valence-electron chi connectivity index (χ0n) is 14.2. The lowest BCUT2D eigenvalue weighted by Gasteiger charge is -2.14. The maximum absolute atomic E-state index is 12.8. The van der Waals surface area contributed by atoms with E-state index in [1.54, 1.807) is 42.5 Å². The Morgan fingerprint density at radius 2 is 1.81 bits per heavy atom. The summed E-state index contributed by atoms with van der Waals surface area (Å²) in [5.74, 6) is 0.172. The molecule has 8 heteroatoms. The van der Waals surface area contributed by atoms with Gasteiger partial charge in [-0.1, -0.05) is 40.9 Å². The Balaban J connectivity index is 1.90. The van der Waals surface area contributed by atoms with Crippen molar-refractivity contribution in [3.8, 4) is 5.75 Å². The topological polar surface area (TPSA) is 46.6 Å². The molecular formula is C19H14Cl3NO3S. The number of rotatable bonds is 5. The molecule has 0 saturated carbocycles. The van der Waals surface area contributed by atoms with Crippen molar-refractivity contribution >= 4 is 63.8 Å². The van der Waals surface area contributed by atoms with Crippen LogP contribution in [0.5, 0.6) is 5.75 Å². The van der Waals surface area contributed by atoms with Crippen LogP contribution in [0.25, 0.3) is 6.08 Å². The number of thioether (sulfide) groups is 1. The molecule has 27 heavy (non-hydrogen) atoms. The number of ether oxygens (including phenoxy) is 1. The van der Waals surface area contributed by atoms with Crippen molar-refractivity contribution in [2.75, 3.05) is 6.61 Å². The Hall–Kier alpha value is -1.66. The third kappa shape index (κ3) is 4.43. The summed E-state index contributed by atoms with van der Waals surface area (Å²) in [7, 11) is 0. The molecule has 0 spiro atoms. The van der Waals surface area contributed by atoms with Gasteiger partial charge in [0.2, 0.25) is 0 Å². The van der Waals surface area contributed by atoms with Gasteiger partial charge in [0, 0.05) is 26.2 Å². The number of carbonyl (C=O) groups is 2. The van der Waals surface area contributed by atoms with E-state index in [2.05, 4.69) is 0 Å². The molecule has 0 N–H and O–H groups in total. The first-order valence-corrected chi connectivity index (χ1v) is 9.96. The van der Waals surface area contributed by atoms with Gasteiger partial charge in [0.1, 0.15) is 5.75 Å². The lowest BCUT2D eigenvalue weighted by molar-refractivity contribution is -0.123. The summed E-state index contributed by atoms with van der Waals surface area (Å²) in [4.78, 5) is 26.5. The quantitative estimate of drug-likeness (QED) is 0.511. The monoisotopic (exact) mass is 441 g/mol. The second-order valence-corrected chi connectivity index (χ2v) is 7.83. The lowest BCUT2D eigenvalue weighted by atomic mass is 10.1. The first-order chi connectivity index (χ1) is 12.9. The average molecular weight is 443 g/mol. The molecule has 0 bridgehead atoms. The maximum Gasteiger partial charge on any atom is 0.293 e. The zero-order chi connectivity index (χ0) is 19.6. The standard InChI is InChI=1S/C19H14Cl3NO3S/c1-2-26-16-7-6-12(20)8-11(16)9-17-18(24)23(19(25)27-17)10-13-14(21)4-3-5-15(13)22/h3-9H,2,10H2,1H3/b17-9+. The summed E-state index contributed by atoms with van der Waals surface area (Å²) in [6.07, 6.45) is 1.61. The van der Waals surface area contributed by atoms with Crippen molar-refractivity contribution in [3.63, 3.8) is 0 Å². The zero-order valence-corrected chi connectivity index (χ0v) is 17.3. The predicted octanol–water partition coefficient (Wildman–Crippen LogP) is 6.28. The molecule has 1 aliphatic heterocycles. The minimum Gasteiger partial charge on any atom is -0.493 e. The second kappa shape index (κ2) is 8.57. The number of carbonyl (C=O) groups excluding carboxylic acids is 2. The van der Waals surface area contributed by atoms with Crippen LogP contribution in [0.3, 0.4) is 0 Å². The first kappa shape index (κ1) is 20.1. The molecule has 2 aromatic rings. The van der Waals surface area contributed by atoms with Gasteiger partial charge in [0.25, 0.3) is 11.1 Å². The number of nitrogens with zero attached hydrogens (tertiary/aromatic N) is 1. The van der Waals surface area contributed by atoms with Gasteiger partial charge in [0.15, 0.2) is 0 Å². The van der Waals surface area contributed by atoms with Crippen LogP contribution in [0.1, 0.15) is 18.1 Å². The molecule has 140 valence electrons. The molecule has 0 radical (unpaired) electrons. The number of hydrogen-bond donors (Lipinski definition) is 0. The van der Waals surface area contributed by atoms with E-state index in [4.69, 9.17) is 39.5 Å². The smallest absolute Gasteiger partial charge is 0.293 e. The Kier molecular flexibility index (Phi) is 6.37. The second-order valence-electron chi connectivity index (χ2n) is 5.58. The van der Waals surface area contributed by atoms with Crippen LogP contribution in [0.2, 0.25) is 15.1 Å².